The Kier molecular flexibility index (Phi) is 3.37. The molecule has 1 aromatic heterocycles. The first-order valence-corrected chi connectivity index (χ1v) is 5.51. The first-order chi connectivity index (χ1) is 7.79. The average Bonchev–Trinajstić information content (AvgIpc) is 2.76. The lowest BCUT2D eigenvalue weighted by Gasteiger charge is -1.96. The van der Waals surface area contributed by atoms with Gasteiger partial charge in [-0.05, 0) is 25.6 Å². The van der Waals surface area contributed by atoms with E-state index in [1.807, 2.05) is 12.1 Å². The summed E-state index contributed by atoms with van der Waals surface area (Å²) in [6, 6.07) is 8.17. The fourth-order valence-corrected chi connectivity index (χ4v) is 1.47. The smallest absolute Gasteiger partial charge is 0.226 e. The van der Waals surface area contributed by atoms with Crippen LogP contribution >= 0.6 is 0 Å². The van der Waals surface area contributed by atoms with Crippen LogP contribution in [0.15, 0.2) is 34.9 Å². The Balaban J connectivity index is 2.15. The van der Waals surface area contributed by atoms with Crippen LogP contribution in [0.4, 0.5) is 0 Å². The van der Waals surface area contributed by atoms with Gasteiger partial charge in [0.1, 0.15) is 6.26 Å². The lowest BCUT2D eigenvalue weighted by Crippen LogP contribution is -2.11. The summed E-state index contributed by atoms with van der Waals surface area (Å²) in [5, 5.41) is 3.22. The van der Waals surface area contributed by atoms with Crippen LogP contribution in [0.5, 0.6) is 0 Å². The van der Waals surface area contributed by atoms with Crippen LogP contribution in [-0.2, 0) is 6.54 Å². The molecule has 0 saturated carbocycles. The van der Waals surface area contributed by atoms with Gasteiger partial charge in [0.05, 0.1) is 5.69 Å². The first-order valence-electron chi connectivity index (χ1n) is 5.51. The Labute approximate surface area is 95.5 Å². The maximum absolute atomic E-state index is 5.44. The third-order valence-corrected chi connectivity index (χ3v) is 2.41. The van der Waals surface area contributed by atoms with Gasteiger partial charge in [-0.2, -0.15) is 0 Å². The number of aryl methyl sites for hydroxylation is 1. The molecule has 0 bridgehead atoms. The van der Waals surface area contributed by atoms with Gasteiger partial charge in [-0.15, -0.1) is 0 Å². The molecule has 0 aliphatic rings. The monoisotopic (exact) mass is 216 g/mol. The molecular formula is C13H16N2O. The second-order valence-corrected chi connectivity index (χ2v) is 3.79. The molecule has 3 nitrogen and oxygen atoms in total. The van der Waals surface area contributed by atoms with Gasteiger partial charge >= 0.3 is 0 Å². The molecule has 2 rings (SSSR count). The molecule has 0 aliphatic carbocycles. The number of hydrogen-bond donors (Lipinski definition) is 1. The molecule has 1 heterocycles. The van der Waals surface area contributed by atoms with E-state index in [0.29, 0.717) is 5.89 Å². The van der Waals surface area contributed by atoms with Gasteiger partial charge in [-0.3, -0.25) is 0 Å². The van der Waals surface area contributed by atoms with Gasteiger partial charge in [0.15, 0.2) is 0 Å². The van der Waals surface area contributed by atoms with E-state index >= 15 is 0 Å². The molecule has 2 aromatic rings. The van der Waals surface area contributed by atoms with Gasteiger partial charge in [0.25, 0.3) is 0 Å². The molecule has 0 spiro atoms. The second kappa shape index (κ2) is 4.94. The molecule has 1 aromatic carbocycles. The van der Waals surface area contributed by atoms with Crippen LogP contribution in [0.3, 0.4) is 0 Å². The van der Waals surface area contributed by atoms with Crippen molar-refractivity contribution in [3.05, 3.63) is 41.8 Å². The van der Waals surface area contributed by atoms with Gasteiger partial charge in [-0.1, -0.05) is 24.6 Å². The van der Waals surface area contributed by atoms with Gasteiger partial charge in [0, 0.05) is 12.1 Å². The third-order valence-electron chi connectivity index (χ3n) is 2.41. The molecule has 16 heavy (non-hydrogen) atoms. The van der Waals surface area contributed by atoms with E-state index in [9.17, 15) is 0 Å². The van der Waals surface area contributed by atoms with E-state index < -0.39 is 0 Å². The number of benzene rings is 1. The minimum absolute atomic E-state index is 0.688. The van der Waals surface area contributed by atoms with Crippen LogP contribution in [-0.4, -0.2) is 11.5 Å². The highest BCUT2D eigenvalue weighted by Gasteiger charge is 2.05. The zero-order chi connectivity index (χ0) is 11.4. The van der Waals surface area contributed by atoms with E-state index in [1.165, 1.54) is 5.56 Å². The van der Waals surface area contributed by atoms with Crippen LogP contribution in [0.25, 0.3) is 11.5 Å². The standard InChI is InChI=1S/C13H16N2O/c1-3-14-8-12-9-16-13(15-12)11-6-4-10(2)5-7-11/h4-7,9,14H,3,8H2,1-2H3. The second-order valence-electron chi connectivity index (χ2n) is 3.79. The Morgan fingerprint density at radius 2 is 2.00 bits per heavy atom. The first kappa shape index (κ1) is 10.9. The van der Waals surface area contributed by atoms with E-state index in [-0.39, 0.29) is 0 Å². The Morgan fingerprint density at radius 1 is 1.25 bits per heavy atom. The SMILES string of the molecule is CCNCc1coc(-c2ccc(C)cc2)n1. The van der Waals surface area contributed by atoms with Gasteiger partial charge in [-0.25, -0.2) is 4.98 Å². The van der Waals surface area contributed by atoms with Crippen LogP contribution < -0.4 is 5.32 Å². The molecular weight excluding hydrogens is 200 g/mol. The number of nitrogens with one attached hydrogen (secondary N) is 1. The van der Waals surface area contributed by atoms with Crippen molar-refractivity contribution in [1.82, 2.24) is 10.3 Å². The van der Waals surface area contributed by atoms with E-state index in [2.05, 4.69) is 36.3 Å². The largest absolute Gasteiger partial charge is 0.444 e. The fourth-order valence-electron chi connectivity index (χ4n) is 1.47. The van der Waals surface area contributed by atoms with Crippen molar-refractivity contribution in [3.63, 3.8) is 0 Å². The Bertz CT molecular complexity index is 445. The van der Waals surface area contributed by atoms with Crippen LogP contribution in [0, 0.1) is 6.92 Å². The number of aromatic nitrogens is 1. The van der Waals surface area contributed by atoms with Crippen molar-refractivity contribution < 1.29 is 4.42 Å². The molecule has 0 amide bonds. The van der Waals surface area contributed by atoms with Crippen molar-refractivity contribution in [3.8, 4) is 11.5 Å². The topological polar surface area (TPSA) is 38.1 Å². The summed E-state index contributed by atoms with van der Waals surface area (Å²) < 4.78 is 5.44. The number of hydrogen-bond acceptors (Lipinski definition) is 3. The summed E-state index contributed by atoms with van der Waals surface area (Å²) in [5.74, 6) is 0.688. The van der Waals surface area contributed by atoms with Crippen molar-refractivity contribution in [2.75, 3.05) is 6.54 Å². The molecule has 84 valence electrons. The predicted octanol–water partition coefficient (Wildman–Crippen LogP) is 2.76. The minimum Gasteiger partial charge on any atom is -0.444 e. The van der Waals surface area contributed by atoms with E-state index in [4.69, 9.17) is 4.42 Å². The summed E-state index contributed by atoms with van der Waals surface area (Å²) in [6.45, 7) is 5.83. The third kappa shape index (κ3) is 2.49. The molecule has 0 atom stereocenters. The maximum atomic E-state index is 5.44. The van der Waals surface area contributed by atoms with Crippen molar-refractivity contribution in [2.45, 2.75) is 20.4 Å². The molecule has 0 radical (unpaired) electrons. The average molecular weight is 216 g/mol. The highest BCUT2D eigenvalue weighted by Crippen LogP contribution is 2.18. The molecule has 0 unspecified atom stereocenters. The van der Waals surface area contributed by atoms with Crippen molar-refractivity contribution >= 4 is 0 Å². The summed E-state index contributed by atoms with van der Waals surface area (Å²) >= 11 is 0. The van der Waals surface area contributed by atoms with E-state index in [0.717, 1.165) is 24.3 Å². The molecule has 0 aliphatic heterocycles. The fraction of sp³-hybridized carbons (Fsp3) is 0.308. The van der Waals surface area contributed by atoms with Gasteiger partial charge in [0.2, 0.25) is 5.89 Å². The molecule has 3 heteroatoms. The summed E-state index contributed by atoms with van der Waals surface area (Å²) in [6.07, 6.45) is 1.71. The number of nitrogens with zero attached hydrogens (tertiary/aromatic N) is 1. The predicted molar refractivity (Wildman–Crippen MR) is 64.1 cm³/mol. The number of oxazole rings is 1. The van der Waals surface area contributed by atoms with Crippen molar-refractivity contribution in [2.24, 2.45) is 0 Å². The molecule has 0 fully saturated rings. The molecule has 1 N–H and O–H groups in total. The van der Waals surface area contributed by atoms with Gasteiger partial charge < -0.3 is 9.73 Å². The van der Waals surface area contributed by atoms with E-state index in [1.54, 1.807) is 6.26 Å². The van der Waals surface area contributed by atoms with Crippen LogP contribution in [0.1, 0.15) is 18.2 Å². The van der Waals surface area contributed by atoms with Crippen LogP contribution in [0.2, 0.25) is 0 Å². The number of rotatable bonds is 4. The summed E-state index contributed by atoms with van der Waals surface area (Å²) in [7, 11) is 0. The quantitative estimate of drug-likeness (QED) is 0.854. The zero-order valence-corrected chi connectivity index (χ0v) is 9.66. The van der Waals surface area contributed by atoms with Crippen molar-refractivity contribution in [1.29, 1.82) is 0 Å². The minimum atomic E-state index is 0.688. The normalized spacial score (nSPS) is 10.6. The lowest BCUT2D eigenvalue weighted by atomic mass is 10.1. The Hall–Kier alpha value is -1.61. The highest BCUT2D eigenvalue weighted by atomic mass is 16.3. The maximum Gasteiger partial charge on any atom is 0.226 e. The lowest BCUT2D eigenvalue weighted by molar-refractivity contribution is 0.570. The highest BCUT2D eigenvalue weighted by molar-refractivity contribution is 5.53. The summed E-state index contributed by atoms with van der Waals surface area (Å²) in [5.41, 5.74) is 3.20. The summed E-state index contributed by atoms with van der Waals surface area (Å²) in [4.78, 5) is 4.42. The molecule has 0 saturated heterocycles. The zero-order valence-electron chi connectivity index (χ0n) is 9.66. The Morgan fingerprint density at radius 3 is 2.69 bits per heavy atom.